The predicted octanol–water partition coefficient (Wildman–Crippen LogP) is 16.2. The Kier molecular flexibility index (Phi) is 9.82. The third-order valence-electron chi connectivity index (χ3n) is 13.2. The molecule has 8 aromatic carbocycles. The number of nitriles is 1. The molecule has 0 aliphatic rings. The fourth-order valence-corrected chi connectivity index (χ4v) is 10.2. The van der Waals surface area contributed by atoms with Crippen LogP contribution in [0, 0.1) is 18.3 Å². The summed E-state index contributed by atoms with van der Waals surface area (Å²) in [6.45, 7) is 1.73. The first-order valence-corrected chi connectivity index (χ1v) is 22.6. The van der Waals surface area contributed by atoms with Crippen LogP contribution >= 0.6 is 0 Å². The molecule has 0 amide bonds. The van der Waals surface area contributed by atoms with Crippen molar-refractivity contribution in [2.75, 3.05) is 0 Å². The van der Waals surface area contributed by atoms with Crippen LogP contribution in [0.15, 0.2) is 213 Å². The lowest BCUT2D eigenvalue weighted by Gasteiger charge is -2.24. The third kappa shape index (κ3) is 6.86. The molecular weight excluding hydrogens is 860 g/mol. The van der Waals surface area contributed by atoms with Gasteiger partial charge in [0.2, 0.25) is 0 Å². The van der Waals surface area contributed by atoms with E-state index in [-0.39, 0.29) is 5.56 Å². The van der Waals surface area contributed by atoms with Crippen molar-refractivity contribution < 1.29 is 13.2 Å². The molecule has 69 heavy (non-hydrogen) atoms. The van der Waals surface area contributed by atoms with Crippen molar-refractivity contribution in [1.29, 1.82) is 5.26 Å². The van der Waals surface area contributed by atoms with Crippen LogP contribution in [0.1, 0.15) is 16.7 Å². The third-order valence-corrected chi connectivity index (χ3v) is 13.2. The lowest BCUT2D eigenvalue weighted by Crippen LogP contribution is -2.12. The molecule has 0 bridgehead atoms. The van der Waals surface area contributed by atoms with Gasteiger partial charge < -0.3 is 9.13 Å². The monoisotopic (exact) mass is 897 g/mol. The van der Waals surface area contributed by atoms with Crippen molar-refractivity contribution in [3.8, 4) is 73.3 Å². The fourth-order valence-electron chi connectivity index (χ4n) is 10.2. The van der Waals surface area contributed by atoms with Gasteiger partial charge in [-0.05, 0) is 90.3 Å². The SMILES string of the molecule is Cc1cccc(C(F)(F)F)c1-c1c(-n2c3ccccc3c3cc(-c4cccnc4-c4ccccc4)ccc32)cc(C#N)cc1-n1c2ccccc2c2cc(-c3cccnc3-c3ccccc3)ccc21. The predicted molar refractivity (Wildman–Crippen MR) is 272 cm³/mol. The molecule has 0 saturated carbocycles. The van der Waals surface area contributed by atoms with Crippen molar-refractivity contribution in [2.45, 2.75) is 13.1 Å². The topological polar surface area (TPSA) is 59.4 Å². The molecular formula is C61H38F3N5. The summed E-state index contributed by atoms with van der Waals surface area (Å²) in [6.07, 6.45) is -1.14. The van der Waals surface area contributed by atoms with E-state index in [0.29, 0.717) is 28.1 Å². The van der Waals surface area contributed by atoms with Gasteiger partial charge in [0, 0.05) is 67.3 Å². The van der Waals surface area contributed by atoms with Crippen molar-refractivity contribution in [2.24, 2.45) is 0 Å². The average molecular weight is 898 g/mol. The summed E-state index contributed by atoms with van der Waals surface area (Å²) in [6, 6.07) is 66.5. The summed E-state index contributed by atoms with van der Waals surface area (Å²) < 4.78 is 51.1. The van der Waals surface area contributed by atoms with Crippen LogP contribution in [0.25, 0.3) is 111 Å². The number of aromatic nitrogens is 4. The molecule has 0 radical (unpaired) electrons. The number of pyridine rings is 2. The summed E-state index contributed by atoms with van der Waals surface area (Å²) in [5.41, 5.74) is 11.7. The minimum atomic E-state index is -4.71. The maximum Gasteiger partial charge on any atom is 0.417 e. The largest absolute Gasteiger partial charge is 0.417 e. The van der Waals surface area contributed by atoms with E-state index in [9.17, 15) is 5.26 Å². The molecule has 0 aliphatic carbocycles. The summed E-state index contributed by atoms with van der Waals surface area (Å²) in [5, 5.41) is 14.6. The van der Waals surface area contributed by atoms with E-state index in [2.05, 4.69) is 30.3 Å². The molecule has 5 nitrogen and oxygen atoms in total. The number of alkyl halides is 3. The Morgan fingerprint density at radius 2 is 0.899 bits per heavy atom. The molecule has 4 aromatic heterocycles. The summed E-state index contributed by atoms with van der Waals surface area (Å²) >= 11 is 0. The van der Waals surface area contributed by atoms with Crippen LogP contribution < -0.4 is 0 Å². The minimum absolute atomic E-state index is 0.0373. The molecule has 0 N–H and O–H groups in total. The molecule has 0 atom stereocenters. The molecule has 8 heteroatoms. The van der Waals surface area contributed by atoms with Gasteiger partial charge >= 0.3 is 6.18 Å². The molecule has 328 valence electrons. The van der Waals surface area contributed by atoms with Crippen LogP contribution in [0.2, 0.25) is 0 Å². The maximum atomic E-state index is 15.7. The number of fused-ring (bicyclic) bond motifs is 6. The highest BCUT2D eigenvalue weighted by molar-refractivity contribution is 6.14. The van der Waals surface area contributed by atoms with E-state index in [4.69, 9.17) is 9.97 Å². The van der Waals surface area contributed by atoms with E-state index in [0.717, 1.165) is 94.4 Å². The van der Waals surface area contributed by atoms with Gasteiger partial charge in [-0.3, -0.25) is 9.97 Å². The van der Waals surface area contributed by atoms with Gasteiger partial charge in [0.1, 0.15) is 0 Å². The highest BCUT2D eigenvalue weighted by Crippen LogP contribution is 2.48. The smallest absolute Gasteiger partial charge is 0.308 e. The molecule has 0 saturated heterocycles. The van der Waals surface area contributed by atoms with Crippen LogP contribution in [0.4, 0.5) is 13.2 Å². The minimum Gasteiger partial charge on any atom is -0.308 e. The maximum absolute atomic E-state index is 15.7. The molecule has 0 fully saturated rings. The van der Waals surface area contributed by atoms with Crippen LogP contribution in [-0.4, -0.2) is 19.1 Å². The molecule has 0 spiro atoms. The van der Waals surface area contributed by atoms with E-state index in [1.165, 1.54) is 6.07 Å². The number of nitrogens with zero attached hydrogens (tertiary/aromatic N) is 5. The number of para-hydroxylation sites is 2. The second-order valence-electron chi connectivity index (χ2n) is 17.2. The Hall–Kier alpha value is -9.06. The zero-order valence-corrected chi connectivity index (χ0v) is 37.1. The van der Waals surface area contributed by atoms with Gasteiger partial charge in [0.25, 0.3) is 0 Å². The van der Waals surface area contributed by atoms with Gasteiger partial charge in [-0.1, -0.05) is 133 Å². The Bertz CT molecular complexity index is 3810. The Morgan fingerprint density at radius 3 is 1.38 bits per heavy atom. The van der Waals surface area contributed by atoms with Crippen molar-refractivity contribution in [3.63, 3.8) is 0 Å². The number of aryl methyl sites for hydroxylation is 1. The summed E-state index contributed by atoms with van der Waals surface area (Å²) in [7, 11) is 0. The summed E-state index contributed by atoms with van der Waals surface area (Å²) in [4.78, 5) is 9.60. The number of benzene rings is 8. The van der Waals surface area contributed by atoms with Crippen LogP contribution in [0.5, 0.6) is 0 Å². The molecule has 0 unspecified atom stereocenters. The second kappa shape index (κ2) is 16.4. The highest BCUT2D eigenvalue weighted by atomic mass is 19.4. The Balaban J connectivity index is 1.17. The Morgan fingerprint density at radius 1 is 0.435 bits per heavy atom. The van der Waals surface area contributed by atoms with Gasteiger partial charge in [-0.15, -0.1) is 0 Å². The highest BCUT2D eigenvalue weighted by Gasteiger charge is 2.36. The number of hydrogen-bond acceptors (Lipinski definition) is 3. The molecule has 4 heterocycles. The van der Waals surface area contributed by atoms with Crippen molar-refractivity contribution in [1.82, 2.24) is 19.1 Å². The number of hydrogen-bond donors (Lipinski definition) is 0. The first-order chi connectivity index (χ1) is 33.8. The normalized spacial score (nSPS) is 11.8. The van der Waals surface area contributed by atoms with Gasteiger partial charge in [-0.2, -0.15) is 18.4 Å². The first kappa shape index (κ1) is 41.4. The van der Waals surface area contributed by atoms with Gasteiger partial charge in [0.05, 0.1) is 62.0 Å². The lowest BCUT2D eigenvalue weighted by atomic mass is 9.90. The van der Waals surface area contributed by atoms with Crippen LogP contribution in [-0.2, 0) is 6.18 Å². The van der Waals surface area contributed by atoms with E-state index < -0.39 is 11.7 Å². The van der Waals surface area contributed by atoms with E-state index >= 15 is 13.2 Å². The zero-order valence-electron chi connectivity index (χ0n) is 37.1. The number of rotatable bonds is 7. The molecule has 12 aromatic rings. The Labute approximate surface area is 395 Å². The first-order valence-electron chi connectivity index (χ1n) is 22.6. The zero-order chi connectivity index (χ0) is 46.8. The van der Waals surface area contributed by atoms with Crippen molar-refractivity contribution in [3.05, 3.63) is 229 Å². The summed E-state index contributed by atoms with van der Waals surface area (Å²) in [5.74, 6) is 0. The molecule has 12 rings (SSSR count). The second-order valence-corrected chi connectivity index (χ2v) is 17.2. The van der Waals surface area contributed by atoms with E-state index in [1.54, 1.807) is 37.5 Å². The quantitative estimate of drug-likeness (QED) is 0.160. The lowest BCUT2D eigenvalue weighted by molar-refractivity contribution is -0.137. The molecule has 0 aliphatic heterocycles. The number of halogens is 3. The average Bonchev–Trinajstić information content (AvgIpc) is 3.90. The van der Waals surface area contributed by atoms with Crippen LogP contribution in [0.3, 0.4) is 0 Å². The van der Waals surface area contributed by atoms with Gasteiger partial charge in [-0.25, -0.2) is 0 Å². The standard InChI is InChI=1S/C61H38F3N5/c1-38-15-12-24-50(61(62,63)64)57(38)58-55(68-51-25-10-8-20-46(51)48-35-42(27-29-53(48)68)44-22-13-31-66-59(44)40-16-4-2-5-17-40)33-39(37-65)34-56(58)69-52-26-11-9-21-47(52)49-36-43(28-30-54(49)69)45-23-14-32-67-60(45)41-18-6-3-7-19-41/h2-36H,1H3. The van der Waals surface area contributed by atoms with Crippen molar-refractivity contribution >= 4 is 43.6 Å². The van der Waals surface area contributed by atoms with E-state index in [1.807, 2.05) is 155 Å². The fraction of sp³-hybridized carbons (Fsp3) is 0.0328. The van der Waals surface area contributed by atoms with Gasteiger partial charge in [0.15, 0.2) is 0 Å².